The molecule has 1 aromatic carbocycles. The van der Waals surface area contributed by atoms with Crippen molar-refractivity contribution >= 4 is 17.8 Å². The van der Waals surface area contributed by atoms with Gasteiger partial charge in [0.25, 0.3) is 5.91 Å². The fourth-order valence-electron chi connectivity index (χ4n) is 3.32. The Morgan fingerprint density at radius 2 is 1.36 bits per heavy atom. The maximum Gasteiger partial charge on any atom is 0.414 e. The molecule has 2 N–H and O–H groups in total. The van der Waals surface area contributed by atoms with Gasteiger partial charge in [-0.15, -0.1) is 0 Å². The summed E-state index contributed by atoms with van der Waals surface area (Å²) >= 11 is 0. The first-order valence-corrected chi connectivity index (χ1v) is 8.53. The highest BCUT2D eigenvalue weighted by Gasteiger charge is 2.27. The zero-order valence-corrected chi connectivity index (χ0v) is 14.1. The van der Waals surface area contributed by atoms with E-state index in [-0.39, 0.29) is 5.91 Å². The number of amides is 1. The maximum atomic E-state index is 12.3. The Morgan fingerprint density at radius 1 is 0.840 bits per heavy atom. The Hall–Kier alpha value is -2.41. The van der Waals surface area contributed by atoms with Gasteiger partial charge in [-0.05, 0) is 25.0 Å². The van der Waals surface area contributed by atoms with Crippen LogP contribution in [-0.4, -0.2) is 70.1 Å². The predicted octanol–water partition coefficient (Wildman–Crippen LogP) is 1.54. The summed E-state index contributed by atoms with van der Waals surface area (Å²) in [6.45, 7) is 3.85. The van der Waals surface area contributed by atoms with Crippen LogP contribution in [0.15, 0.2) is 30.3 Å². The summed E-state index contributed by atoms with van der Waals surface area (Å²) in [5.41, 5.74) is 0.816. The molecule has 7 nitrogen and oxygen atoms in total. The number of carbonyl (C=O) groups excluding carboxylic acids is 1. The van der Waals surface area contributed by atoms with Crippen molar-refractivity contribution in [2.75, 3.05) is 26.2 Å². The quantitative estimate of drug-likeness (QED) is 0.787. The zero-order chi connectivity index (χ0) is 18.2. The Morgan fingerprint density at radius 3 is 1.84 bits per heavy atom. The largest absolute Gasteiger partial charge is 0.473 e. The molecule has 0 radical (unpaired) electrons. The van der Waals surface area contributed by atoms with Gasteiger partial charge in [0.1, 0.15) is 0 Å². The van der Waals surface area contributed by atoms with Gasteiger partial charge < -0.3 is 15.1 Å². The molecule has 1 aliphatic carbocycles. The molecule has 1 heterocycles. The normalized spacial score (nSPS) is 18.3. The van der Waals surface area contributed by atoms with E-state index in [9.17, 15) is 4.79 Å². The van der Waals surface area contributed by atoms with Crippen LogP contribution in [0.5, 0.6) is 0 Å². The van der Waals surface area contributed by atoms with Crippen molar-refractivity contribution in [2.24, 2.45) is 0 Å². The molecular formula is C18H24N2O5. The highest BCUT2D eigenvalue weighted by Crippen LogP contribution is 2.24. The lowest BCUT2D eigenvalue weighted by atomic mass is 10.1. The minimum atomic E-state index is -1.82. The summed E-state index contributed by atoms with van der Waals surface area (Å²) in [6, 6.07) is 10.4. The average molecular weight is 348 g/mol. The van der Waals surface area contributed by atoms with Crippen LogP contribution in [0, 0.1) is 0 Å². The van der Waals surface area contributed by atoms with Gasteiger partial charge in [0.15, 0.2) is 0 Å². The molecule has 3 rings (SSSR count). The first-order valence-electron chi connectivity index (χ1n) is 8.53. The molecule has 1 saturated carbocycles. The van der Waals surface area contributed by atoms with E-state index in [0.29, 0.717) is 0 Å². The number of carbonyl (C=O) groups is 3. The van der Waals surface area contributed by atoms with E-state index in [1.165, 1.54) is 25.7 Å². The van der Waals surface area contributed by atoms with E-state index in [4.69, 9.17) is 19.8 Å². The summed E-state index contributed by atoms with van der Waals surface area (Å²) in [4.78, 5) is 35.1. The molecule has 0 spiro atoms. The Kier molecular flexibility index (Phi) is 6.94. The molecule has 1 amide bonds. The molecule has 0 aromatic heterocycles. The maximum absolute atomic E-state index is 12.3. The molecule has 1 aliphatic heterocycles. The van der Waals surface area contributed by atoms with Crippen LogP contribution >= 0.6 is 0 Å². The summed E-state index contributed by atoms with van der Waals surface area (Å²) < 4.78 is 0. The number of nitrogens with zero attached hydrogens (tertiary/aromatic N) is 2. The van der Waals surface area contributed by atoms with Gasteiger partial charge in [-0.25, -0.2) is 9.59 Å². The first kappa shape index (κ1) is 18.9. The number of aliphatic carboxylic acids is 2. The molecular weight excluding hydrogens is 324 g/mol. The summed E-state index contributed by atoms with van der Waals surface area (Å²) in [5.74, 6) is -3.46. The van der Waals surface area contributed by atoms with E-state index in [0.717, 1.165) is 37.8 Å². The number of rotatable bonds is 2. The van der Waals surface area contributed by atoms with Gasteiger partial charge in [0.2, 0.25) is 0 Å². The van der Waals surface area contributed by atoms with Crippen LogP contribution < -0.4 is 0 Å². The molecule has 2 aliphatic rings. The van der Waals surface area contributed by atoms with E-state index < -0.39 is 11.9 Å². The molecule has 0 bridgehead atoms. The minimum absolute atomic E-state index is 0.187. The van der Waals surface area contributed by atoms with Crippen LogP contribution in [0.25, 0.3) is 0 Å². The van der Waals surface area contributed by atoms with E-state index in [1.807, 2.05) is 35.2 Å². The fourth-order valence-corrected chi connectivity index (χ4v) is 3.32. The minimum Gasteiger partial charge on any atom is -0.473 e. The molecule has 25 heavy (non-hydrogen) atoms. The van der Waals surface area contributed by atoms with Crippen LogP contribution in [-0.2, 0) is 9.59 Å². The van der Waals surface area contributed by atoms with E-state index in [2.05, 4.69) is 4.90 Å². The molecule has 7 heteroatoms. The van der Waals surface area contributed by atoms with Crippen molar-refractivity contribution in [3.8, 4) is 0 Å². The van der Waals surface area contributed by atoms with Crippen molar-refractivity contribution < 1.29 is 24.6 Å². The molecule has 0 atom stereocenters. The third-order valence-corrected chi connectivity index (χ3v) is 4.65. The highest BCUT2D eigenvalue weighted by atomic mass is 16.4. The molecule has 0 unspecified atom stereocenters. The smallest absolute Gasteiger partial charge is 0.414 e. The number of hydrogen-bond donors (Lipinski definition) is 2. The lowest BCUT2D eigenvalue weighted by molar-refractivity contribution is -0.159. The lowest BCUT2D eigenvalue weighted by Crippen LogP contribution is -2.51. The second-order valence-corrected chi connectivity index (χ2v) is 6.24. The van der Waals surface area contributed by atoms with Crippen LogP contribution in [0.4, 0.5) is 0 Å². The topological polar surface area (TPSA) is 98.1 Å². The Labute approximate surface area is 146 Å². The van der Waals surface area contributed by atoms with Gasteiger partial charge in [0.05, 0.1) is 0 Å². The Bertz CT molecular complexity index is 579. The van der Waals surface area contributed by atoms with Gasteiger partial charge in [-0.3, -0.25) is 9.69 Å². The van der Waals surface area contributed by atoms with Gasteiger partial charge in [0, 0.05) is 37.8 Å². The first-order chi connectivity index (χ1) is 12.0. The highest BCUT2D eigenvalue weighted by molar-refractivity contribution is 6.27. The van der Waals surface area contributed by atoms with Gasteiger partial charge in [-0.1, -0.05) is 31.0 Å². The molecule has 136 valence electrons. The number of hydrogen-bond acceptors (Lipinski definition) is 4. The Balaban J connectivity index is 0.000000326. The lowest BCUT2D eigenvalue weighted by Gasteiger charge is -2.38. The summed E-state index contributed by atoms with van der Waals surface area (Å²) in [7, 11) is 0. The van der Waals surface area contributed by atoms with Crippen molar-refractivity contribution in [1.82, 2.24) is 9.80 Å². The SMILES string of the molecule is O=C(O)C(=O)O.O=C(c1ccccc1)N1CCN(C2CCCC2)CC1. The van der Waals surface area contributed by atoms with Crippen molar-refractivity contribution in [2.45, 2.75) is 31.7 Å². The van der Waals surface area contributed by atoms with Gasteiger partial charge >= 0.3 is 11.9 Å². The van der Waals surface area contributed by atoms with E-state index >= 15 is 0 Å². The predicted molar refractivity (Wildman–Crippen MR) is 91.4 cm³/mol. The summed E-state index contributed by atoms with van der Waals surface area (Å²) in [6.07, 6.45) is 5.47. The van der Waals surface area contributed by atoms with Gasteiger partial charge in [-0.2, -0.15) is 0 Å². The third-order valence-electron chi connectivity index (χ3n) is 4.65. The number of piperazine rings is 1. The molecule has 1 saturated heterocycles. The number of carboxylic acid groups (broad SMARTS) is 2. The number of benzene rings is 1. The second-order valence-electron chi connectivity index (χ2n) is 6.24. The van der Waals surface area contributed by atoms with E-state index in [1.54, 1.807) is 0 Å². The van der Waals surface area contributed by atoms with Crippen LogP contribution in [0.3, 0.4) is 0 Å². The molecule has 1 aromatic rings. The third kappa shape index (κ3) is 5.56. The zero-order valence-electron chi connectivity index (χ0n) is 14.1. The average Bonchev–Trinajstić information content (AvgIpc) is 3.17. The monoisotopic (exact) mass is 348 g/mol. The standard InChI is InChI=1S/C16H22N2O.C2H2O4/c19-16(14-6-2-1-3-7-14)18-12-10-17(11-13-18)15-8-4-5-9-15;3-1(4)2(5)6/h1-3,6-7,15H,4-5,8-13H2;(H,3,4)(H,5,6). The van der Waals surface area contributed by atoms with Crippen molar-refractivity contribution in [3.05, 3.63) is 35.9 Å². The van der Waals surface area contributed by atoms with Crippen LogP contribution in [0.2, 0.25) is 0 Å². The van der Waals surface area contributed by atoms with Crippen LogP contribution in [0.1, 0.15) is 36.0 Å². The number of carboxylic acids is 2. The fraction of sp³-hybridized carbons (Fsp3) is 0.500. The summed E-state index contributed by atoms with van der Waals surface area (Å²) in [5, 5.41) is 14.8. The van der Waals surface area contributed by atoms with Crippen molar-refractivity contribution in [1.29, 1.82) is 0 Å². The second kappa shape index (κ2) is 9.17. The van der Waals surface area contributed by atoms with Crippen molar-refractivity contribution in [3.63, 3.8) is 0 Å². The molecule has 2 fully saturated rings.